The summed E-state index contributed by atoms with van der Waals surface area (Å²) >= 11 is 6.23. The molecule has 19 heavy (non-hydrogen) atoms. The molecule has 6 heteroatoms. The summed E-state index contributed by atoms with van der Waals surface area (Å²) in [6.07, 6.45) is 0.592. The van der Waals surface area contributed by atoms with Crippen molar-refractivity contribution in [3.63, 3.8) is 0 Å². The van der Waals surface area contributed by atoms with Gasteiger partial charge in [0.15, 0.2) is 17.3 Å². The molecule has 3 rings (SSSR count). The van der Waals surface area contributed by atoms with Gasteiger partial charge in [0, 0.05) is 23.4 Å². The number of fused-ring (bicyclic) bond motifs is 1. The molecule has 0 bridgehead atoms. The van der Waals surface area contributed by atoms with Gasteiger partial charge >= 0.3 is 0 Å². The van der Waals surface area contributed by atoms with E-state index in [9.17, 15) is 0 Å². The van der Waals surface area contributed by atoms with Crippen LogP contribution in [0, 0.1) is 0 Å². The second-order valence-electron chi connectivity index (χ2n) is 4.77. The minimum absolute atomic E-state index is 0.245. The molecule has 0 saturated carbocycles. The lowest BCUT2D eigenvalue weighted by Crippen LogP contribution is -1.94. The number of nitrogens with one attached hydrogen (secondary N) is 1. The standard InChI is InChI=1S/C13H14ClN3O2/c1-7(2)13-15-12(16-17-13)4-8-3-10-11(5-9(8)14)19-6-18-10/h3,5,7H,4,6H2,1-2H3,(H,15,16,17). The lowest BCUT2D eigenvalue weighted by Gasteiger charge is -2.04. The van der Waals surface area contributed by atoms with Gasteiger partial charge in [-0.05, 0) is 11.6 Å². The molecule has 100 valence electrons. The molecule has 0 fully saturated rings. The second kappa shape index (κ2) is 4.74. The topological polar surface area (TPSA) is 60.0 Å². The Morgan fingerprint density at radius 2 is 2.05 bits per heavy atom. The normalized spacial score (nSPS) is 13.3. The molecular formula is C13H14ClN3O2. The van der Waals surface area contributed by atoms with Gasteiger partial charge in [-0.2, -0.15) is 5.10 Å². The first kappa shape index (κ1) is 12.3. The van der Waals surface area contributed by atoms with Gasteiger partial charge in [0.25, 0.3) is 0 Å². The summed E-state index contributed by atoms with van der Waals surface area (Å²) in [6, 6.07) is 3.67. The highest BCUT2D eigenvalue weighted by atomic mass is 35.5. The highest BCUT2D eigenvalue weighted by Gasteiger charge is 2.17. The van der Waals surface area contributed by atoms with Crippen molar-refractivity contribution >= 4 is 11.6 Å². The molecule has 0 radical (unpaired) electrons. The Hall–Kier alpha value is -1.75. The number of hydrogen-bond donors (Lipinski definition) is 1. The van der Waals surface area contributed by atoms with Crippen LogP contribution in [0.1, 0.15) is 37.0 Å². The predicted octanol–water partition coefficient (Wildman–Crippen LogP) is 2.90. The fourth-order valence-electron chi connectivity index (χ4n) is 1.92. The molecule has 2 aromatic rings. The van der Waals surface area contributed by atoms with Gasteiger partial charge < -0.3 is 9.47 Å². The van der Waals surface area contributed by atoms with Crippen LogP contribution in [0.15, 0.2) is 12.1 Å². The third-order valence-corrected chi connectivity index (χ3v) is 3.32. The van der Waals surface area contributed by atoms with Crippen LogP contribution >= 0.6 is 11.6 Å². The average molecular weight is 280 g/mol. The van der Waals surface area contributed by atoms with Crippen molar-refractivity contribution in [1.82, 2.24) is 15.2 Å². The van der Waals surface area contributed by atoms with Gasteiger partial charge in [0.05, 0.1) is 0 Å². The number of rotatable bonds is 3. The molecular weight excluding hydrogens is 266 g/mol. The molecule has 1 N–H and O–H groups in total. The highest BCUT2D eigenvalue weighted by molar-refractivity contribution is 6.31. The SMILES string of the molecule is CC(C)c1n[nH]c(Cc2cc3c(cc2Cl)OCO3)n1. The number of H-pyrrole nitrogens is 1. The molecule has 1 aliphatic rings. The molecule has 0 atom stereocenters. The molecule has 0 saturated heterocycles. The van der Waals surface area contributed by atoms with Crippen molar-refractivity contribution in [3.8, 4) is 11.5 Å². The van der Waals surface area contributed by atoms with Gasteiger partial charge in [0.2, 0.25) is 6.79 Å². The average Bonchev–Trinajstić information content (AvgIpc) is 2.98. The molecule has 1 aromatic carbocycles. The molecule has 0 aliphatic carbocycles. The maximum Gasteiger partial charge on any atom is 0.231 e. The summed E-state index contributed by atoms with van der Waals surface area (Å²) in [6.45, 7) is 4.36. The molecule has 0 unspecified atom stereocenters. The minimum Gasteiger partial charge on any atom is -0.454 e. The number of ether oxygens (including phenoxy) is 2. The molecule has 1 aromatic heterocycles. The minimum atomic E-state index is 0.245. The van der Waals surface area contributed by atoms with Crippen molar-refractivity contribution in [3.05, 3.63) is 34.4 Å². The van der Waals surface area contributed by atoms with Crippen LogP contribution < -0.4 is 9.47 Å². The molecule has 0 amide bonds. The van der Waals surface area contributed by atoms with Crippen molar-refractivity contribution in [1.29, 1.82) is 0 Å². The summed E-state index contributed by atoms with van der Waals surface area (Å²) in [7, 11) is 0. The van der Waals surface area contributed by atoms with E-state index in [1.165, 1.54) is 0 Å². The third kappa shape index (κ3) is 2.38. The van der Waals surface area contributed by atoms with E-state index in [-0.39, 0.29) is 6.79 Å². The summed E-state index contributed by atoms with van der Waals surface area (Å²) in [5.41, 5.74) is 0.942. The molecule has 5 nitrogen and oxygen atoms in total. The summed E-state index contributed by atoms with van der Waals surface area (Å²) in [5.74, 6) is 3.32. The summed E-state index contributed by atoms with van der Waals surface area (Å²) in [4.78, 5) is 4.44. The maximum atomic E-state index is 6.23. The number of nitrogens with zero attached hydrogens (tertiary/aromatic N) is 2. The van der Waals surface area contributed by atoms with Crippen LogP contribution in [0.4, 0.5) is 0 Å². The monoisotopic (exact) mass is 279 g/mol. The number of benzene rings is 1. The quantitative estimate of drug-likeness (QED) is 0.938. The van der Waals surface area contributed by atoms with E-state index >= 15 is 0 Å². The van der Waals surface area contributed by atoms with E-state index in [4.69, 9.17) is 21.1 Å². The first-order valence-corrected chi connectivity index (χ1v) is 6.50. The lowest BCUT2D eigenvalue weighted by molar-refractivity contribution is 0.174. The smallest absolute Gasteiger partial charge is 0.231 e. The summed E-state index contributed by atoms with van der Waals surface area (Å²) < 4.78 is 10.6. The van der Waals surface area contributed by atoms with Crippen LogP contribution in [-0.2, 0) is 6.42 Å². The number of hydrogen-bond acceptors (Lipinski definition) is 4. The highest BCUT2D eigenvalue weighted by Crippen LogP contribution is 2.37. The number of aromatic nitrogens is 3. The zero-order valence-corrected chi connectivity index (χ0v) is 11.5. The fraction of sp³-hybridized carbons (Fsp3) is 0.385. The van der Waals surface area contributed by atoms with Crippen LogP contribution in [0.2, 0.25) is 5.02 Å². The van der Waals surface area contributed by atoms with Crippen LogP contribution in [0.25, 0.3) is 0 Å². The Balaban J connectivity index is 1.86. The van der Waals surface area contributed by atoms with Gasteiger partial charge in [0.1, 0.15) is 5.82 Å². The molecule has 1 aliphatic heterocycles. The van der Waals surface area contributed by atoms with Gasteiger partial charge in [-0.1, -0.05) is 25.4 Å². The van der Waals surface area contributed by atoms with Crippen molar-refractivity contribution in [2.75, 3.05) is 6.79 Å². The zero-order chi connectivity index (χ0) is 13.4. The Kier molecular flexibility index (Phi) is 3.06. The van der Waals surface area contributed by atoms with Crippen LogP contribution in [-0.4, -0.2) is 22.0 Å². The van der Waals surface area contributed by atoms with Crippen molar-refractivity contribution in [2.45, 2.75) is 26.2 Å². The van der Waals surface area contributed by atoms with E-state index in [1.807, 2.05) is 6.07 Å². The number of halogens is 1. The Morgan fingerprint density at radius 3 is 2.74 bits per heavy atom. The summed E-state index contributed by atoms with van der Waals surface area (Å²) in [5, 5.41) is 7.76. The van der Waals surface area contributed by atoms with Crippen LogP contribution in [0.3, 0.4) is 0 Å². The zero-order valence-electron chi connectivity index (χ0n) is 10.7. The number of aromatic amines is 1. The van der Waals surface area contributed by atoms with E-state index < -0.39 is 0 Å². The van der Waals surface area contributed by atoms with Crippen molar-refractivity contribution < 1.29 is 9.47 Å². The van der Waals surface area contributed by atoms with E-state index in [0.29, 0.717) is 23.1 Å². The van der Waals surface area contributed by atoms with E-state index in [0.717, 1.165) is 23.0 Å². The Bertz CT molecular complexity index is 610. The second-order valence-corrected chi connectivity index (χ2v) is 5.18. The first-order valence-electron chi connectivity index (χ1n) is 6.12. The third-order valence-electron chi connectivity index (χ3n) is 2.96. The Labute approximate surface area is 115 Å². The predicted molar refractivity (Wildman–Crippen MR) is 70.9 cm³/mol. The first-order chi connectivity index (χ1) is 9.13. The molecule has 0 spiro atoms. The molecule has 2 heterocycles. The van der Waals surface area contributed by atoms with Crippen molar-refractivity contribution in [2.24, 2.45) is 0 Å². The van der Waals surface area contributed by atoms with Crippen LogP contribution in [0.5, 0.6) is 11.5 Å². The van der Waals surface area contributed by atoms with Gasteiger partial charge in [-0.3, -0.25) is 5.10 Å². The van der Waals surface area contributed by atoms with Gasteiger partial charge in [-0.15, -0.1) is 0 Å². The fourth-order valence-corrected chi connectivity index (χ4v) is 2.14. The van der Waals surface area contributed by atoms with E-state index in [1.54, 1.807) is 6.07 Å². The maximum absolute atomic E-state index is 6.23. The van der Waals surface area contributed by atoms with Gasteiger partial charge in [-0.25, -0.2) is 4.98 Å². The largest absolute Gasteiger partial charge is 0.454 e. The van der Waals surface area contributed by atoms with E-state index in [2.05, 4.69) is 29.0 Å². The lowest BCUT2D eigenvalue weighted by atomic mass is 10.1. The Morgan fingerprint density at radius 1 is 1.32 bits per heavy atom.